The topological polar surface area (TPSA) is 80.5 Å². The van der Waals surface area contributed by atoms with Crippen molar-refractivity contribution in [2.24, 2.45) is 5.92 Å². The molecule has 0 radical (unpaired) electrons. The molecule has 2 aromatic heterocycles. The molecule has 2 heterocycles. The molecule has 3 N–H and O–H groups in total. The molecule has 0 unspecified atom stereocenters. The molecule has 0 bridgehead atoms. The summed E-state index contributed by atoms with van der Waals surface area (Å²) in [7, 11) is 0. The Morgan fingerprint density at radius 1 is 1.47 bits per heavy atom. The first-order valence-electron chi connectivity index (χ1n) is 4.76. The summed E-state index contributed by atoms with van der Waals surface area (Å²) in [5, 5.41) is 0.695. The molecule has 0 aliphatic rings. The number of rotatable bonds is 3. The van der Waals surface area contributed by atoms with Crippen LogP contribution in [0.15, 0.2) is 11.5 Å². The minimum absolute atomic E-state index is 0.462. The van der Waals surface area contributed by atoms with Crippen LogP contribution in [0.25, 0.3) is 11.2 Å². The van der Waals surface area contributed by atoms with Crippen LogP contribution in [0.2, 0.25) is 0 Å². The average Bonchev–Trinajstić information content (AvgIpc) is 2.63. The Morgan fingerprint density at radius 3 is 3.00 bits per heavy atom. The van der Waals surface area contributed by atoms with Gasteiger partial charge in [0.1, 0.15) is 5.52 Å². The summed E-state index contributed by atoms with van der Waals surface area (Å²) in [6.07, 6.45) is 1.58. The number of nitrogens with zero attached hydrogens (tertiary/aromatic N) is 3. The Bertz CT molecular complexity index is 464. The summed E-state index contributed by atoms with van der Waals surface area (Å²) in [5.74, 6) is 2.05. The van der Waals surface area contributed by atoms with Crippen LogP contribution in [-0.4, -0.2) is 25.7 Å². The highest BCUT2D eigenvalue weighted by atomic mass is 32.2. The van der Waals surface area contributed by atoms with Gasteiger partial charge in [0.2, 0.25) is 0 Å². The number of aromatic nitrogens is 4. The van der Waals surface area contributed by atoms with E-state index in [1.54, 1.807) is 18.1 Å². The van der Waals surface area contributed by atoms with E-state index in [4.69, 9.17) is 5.73 Å². The summed E-state index contributed by atoms with van der Waals surface area (Å²) in [5.41, 5.74) is 7.12. The summed E-state index contributed by atoms with van der Waals surface area (Å²) < 4.78 is 0. The number of anilines is 1. The largest absolute Gasteiger partial charge is 0.382 e. The fraction of sp³-hybridized carbons (Fsp3) is 0.444. The number of fused-ring (bicyclic) bond motifs is 1. The highest BCUT2D eigenvalue weighted by Gasteiger charge is 2.07. The maximum absolute atomic E-state index is 5.77. The Balaban J connectivity index is 2.28. The van der Waals surface area contributed by atoms with Gasteiger partial charge in [0, 0.05) is 5.75 Å². The first-order chi connectivity index (χ1) is 7.16. The van der Waals surface area contributed by atoms with Crippen molar-refractivity contribution in [3.8, 4) is 0 Å². The predicted octanol–water partition coefficient (Wildman–Crippen LogP) is 1.68. The smallest absolute Gasteiger partial charge is 0.191 e. The van der Waals surface area contributed by atoms with E-state index in [-0.39, 0.29) is 0 Å². The van der Waals surface area contributed by atoms with Gasteiger partial charge in [0.15, 0.2) is 16.6 Å². The molecule has 2 rings (SSSR count). The van der Waals surface area contributed by atoms with Gasteiger partial charge < -0.3 is 10.7 Å². The van der Waals surface area contributed by atoms with E-state index in [1.165, 1.54) is 0 Å². The van der Waals surface area contributed by atoms with Crippen molar-refractivity contribution in [3.63, 3.8) is 0 Å². The van der Waals surface area contributed by atoms with Crippen LogP contribution in [0, 0.1) is 5.92 Å². The van der Waals surface area contributed by atoms with Gasteiger partial charge in [-0.15, -0.1) is 0 Å². The molecule has 80 valence electrons. The summed E-state index contributed by atoms with van der Waals surface area (Å²) in [6.45, 7) is 4.31. The zero-order valence-corrected chi connectivity index (χ0v) is 9.51. The third-order valence-corrected chi connectivity index (χ3v) is 3.11. The maximum Gasteiger partial charge on any atom is 0.191 e. The maximum atomic E-state index is 5.77. The molecule has 0 fully saturated rings. The number of aromatic amines is 1. The van der Waals surface area contributed by atoms with E-state index in [2.05, 4.69) is 33.8 Å². The lowest BCUT2D eigenvalue weighted by Gasteiger charge is -2.03. The van der Waals surface area contributed by atoms with Gasteiger partial charge in [-0.1, -0.05) is 25.6 Å². The lowest BCUT2D eigenvalue weighted by molar-refractivity contribution is 0.748. The molecule has 6 heteroatoms. The second kappa shape index (κ2) is 4.06. The van der Waals surface area contributed by atoms with Crippen molar-refractivity contribution >= 4 is 28.7 Å². The van der Waals surface area contributed by atoms with Crippen LogP contribution in [-0.2, 0) is 0 Å². The zero-order valence-electron chi connectivity index (χ0n) is 8.69. The van der Waals surface area contributed by atoms with Crippen LogP contribution < -0.4 is 5.73 Å². The standard InChI is InChI=1S/C9H13N5S/c1-5(2)3-15-9-13-7(10)6-8(14-9)12-4-11-6/h4-5H,3H2,1-2H3,(H3,10,11,12,13,14). The molecule has 2 aromatic rings. The second-order valence-electron chi connectivity index (χ2n) is 3.70. The molecule has 0 aliphatic heterocycles. The van der Waals surface area contributed by atoms with E-state index in [9.17, 15) is 0 Å². The molecule has 0 aliphatic carbocycles. The molecule has 0 saturated carbocycles. The summed E-state index contributed by atoms with van der Waals surface area (Å²) in [4.78, 5) is 15.5. The van der Waals surface area contributed by atoms with Crippen LogP contribution in [0.3, 0.4) is 0 Å². The van der Waals surface area contributed by atoms with E-state index in [0.29, 0.717) is 28.1 Å². The van der Waals surface area contributed by atoms with Crippen LogP contribution in [0.4, 0.5) is 5.82 Å². The lowest BCUT2D eigenvalue weighted by atomic mass is 10.3. The third-order valence-electron chi connectivity index (χ3n) is 1.84. The minimum Gasteiger partial charge on any atom is -0.382 e. The monoisotopic (exact) mass is 223 g/mol. The number of nitrogen functional groups attached to an aromatic ring is 1. The van der Waals surface area contributed by atoms with Gasteiger partial charge >= 0.3 is 0 Å². The molecular weight excluding hydrogens is 210 g/mol. The Labute approximate surface area is 91.9 Å². The molecule has 0 aromatic carbocycles. The Hall–Kier alpha value is -1.30. The van der Waals surface area contributed by atoms with Crippen molar-refractivity contribution in [1.82, 2.24) is 19.9 Å². The number of imidazole rings is 1. The Morgan fingerprint density at radius 2 is 2.27 bits per heavy atom. The van der Waals surface area contributed by atoms with Crippen molar-refractivity contribution < 1.29 is 0 Å². The van der Waals surface area contributed by atoms with E-state index in [0.717, 1.165) is 5.75 Å². The number of nitrogens with two attached hydrogens (primary N) is 1. The predicted molar refractivity (Wildman–Crippen MR) is 61.7 cm³/mol. The van der Waals surface area contributed by atoms with Gasteiger partial charge in [0.25, 0.3) is 0 Å². The molecule has 0 saturated heterocycles. The van der Waals surface area contributed by atoms with Crippen molar-refractivity contribution in [1.29, 1.82) is 0 Å². The summed E-state index contributed by atoms with van der Waals surface area (Å²) in [6, 6.07) is 0. The third kappa shape index (κ3) is 2.20. The van der Waals surface area contributed by atoms with Gasteiger partial charge in [-0.05, 0) is 5.92 Å². The summed E-state index contributed by atoms with van der Waals surface area (Å²) >= 11 is 1.60. The van der Waals surface area contributed by atoms with Gasteiger partial charge in [-0.3, -0.25) is 0 Å². The lowest BCUT2D eigenvalue weighted by Crippen LogP contribution is -1.98. The van der Waals surface area contributed by atoms with E-state index < -0.39 is 0 Å². The fourth-order valence-corrected chi connectivity index (χ4v) is 1.94. The van der Waals surface area contributed by atoms with Crippen LogP contribution >= 0.6 is 11.8 Å². The number of hydrogen-bond donors (Lipinski definition) is 2. The zero-order chi connectivity index (χ0) is 10.8. The number of nitrogens with one attached hydrogen (secondary N) is 1. The molecule has 0 atom stereocenters. The normalized spacial score (nSPS) is 11.4. The second-order valence-corrected chi connectivity index (χ2v) is 4.68. The highest BCUT2D eigenvalue weighted by Crippen LogP contribution is 2.21. The minimum atomic E-state index is 0.462. The van der Waals surface area contributed by atoms with E-state index in [1.807, 2.05) is 0 Å². The first-order valence-corrected chi connectivity index (χ1v) is 5.74. The van der Waals surface area contributed by atoms with Crippen molar-refractivity contribution in [2.45, 2.75) is 19.0 Å². The number of thioether (sulfide) groups is 1. The molecule has 0 spiro atoms. The Kier molecular flexibility index (Phi) is 2.77. The molecular formula is C9H13N5S. The van der Waals surface area contributed by atoms with Crippen molar-refractivity contribution in [2.75, 3.05) is 11.5 Å². The number of H-pyrrole nitrogens is 1. The highest BCUT2D eigenvalue weighted by molar-refractivity contribution is 7.99. The van der Waals surface area contributed by atoms with Crippen LogP contribution in [0.1, 0.15) is 13.8 Å². The first kappa shape index (κ1) is 10.2. The van der Waals surface area contributed by atoms with E-state index >= 15 is 0 Å². The average molecular weight is 223 g/mol. The van der Waals surface area contributed by atoms with Gasteiger partial charge in [0.05, 0.1) is 6.33 Å². The van der Waals surface area contributed by atoms with Crippen molar-refractivity contribution in [3.05, 3.63) is 6.33 Å². The molecule has 15 heavy (non-hydrogen) atoms. The molecule has 5 nitrogen and oxygen atoms in total. The number of hydrogen-bond acceptors (Lipinski definition) is 5. The van der Waals surface area contributed by atoms with Gasteiger partial charge in [-0.25, -0.2) is 15.0 Å². The fourth-order valence-electron chi connectivity index (χ4n) is 1.14. The molecule has 0 amide bonds. The van der Waals surface area contributed by atoms with Crippen LogP contribution in [0.5, 0.6) is 0 Å². The SMILES string of the molecule is CC(C)CSc1nc(N)c2[nH]cnc2n1. The van der Waals surface area contributed by atoms with Gasteiger partial charge in [-0.2, -0.15) is 0 Å². The quantitative estimate of drug-likeness (QED) is 0.611.